The summed E-state index contributed by atoms with van der Waals surface area (Å²) in [5.74, 6) is 2.63. The maximum absolute atomic E-state index is 6.31. The Morgan fingerprint density at radius 3 is 2.17 bits per heavy atom. The highest BCUT2D eigenvalue weighted by Gasteiger charge is 2.13. The van der Waals surface area contributed by atoms with Crippen molar-refractivity contribution in [1.29, 1.82) is 0 Å². The monoisotopic (exact) mass is 418 g/mol. The van der Waals surface area contributed by atoms with Crippen LogP contribution < -0.4 is 9.47 Å². The highest BCUT2D eigenvalue weighted by atomic mass is 35.5. The number of para-hydroxylation sites is 1. The third-order valence-electron chi connectivity index (χ3n) is 4.68. The molecule has 1 aromatic heterocycles. The Bertz CT molecular complexity index is 1180. The van der Waals surface area contributed by atoms with Crippen LogP contribution in [0.1, 0.15) is 25.0 Å². The lowest BCUT2D eigenvalue weighted by Crippen LogP contribution is -2.05. The number of benzene rings is 3. The van der Waals surface area contributed by atoms with E-state index in [0.717, 1.165) is 38.4 Å². The predicted octanol–water partition coefficient (Wildman–Crippen LogP) is 7.15. The summed E-state index contributed by atoms with van der Waals surface area (Å²) in [4.78, 5) is 9.47. The molecule has 0 spiro atoms. The zero-order valence-corrected chi connectivity index (χ0v) is 18.2. The number of aryl methyl sites for hydroxylation is 2. The van der Waals surface area contributed by atoms with E-state index in [2.05, 4.69) is 0 Å². The van der Waals surface area contributed by atoms with Crippen LogP contribution in [0.5, 0.6) is 17.4 Å². The fourth-order valence-electron chi connectivity index (χ4n) is 3.29. The number of aromatic nitrogens is 2. The lowest BCUT2D eigenvalue weighted by Gasteiger charge is -2.13. The first-order valence-corrected chi connectivity index (χ1v) is 10.3. The van der Waals surface area contributed by atoms with E-state index in [-0.39, 0.29) is 6.10 Å². The highest BCUT2D eigenvalue weighted by Crippen LogP contribution is 2.33. The van der Waals surface area contributed by atoms with Gasteiger partial charge in [0.15, 0.2) is 5.82 Å². The second-order valence-electron chi connectivity index (χ2n) is 7.53. The van der Waals surface area contributed by atoms with Crippen molar-refractivity contribution in [1.82, 2.24) is 9.97 Å². The van der Waals surface area contributed by atoms with E-state index in [0.29, 0.717) is 17.5 Å². The first-order valence-electron chi connectivity index (χ1n) is 9.89. The Labute approximate surface area is 181 Å². The molecule has 3 aromatic carbocycles. The minimum absolute atomic E-state index is 0.124. The quantitative estimate of drug-likeness (QED) is 0.345. The van der Waals surface area contributed by atoms with Gasteiger partial charge in [-0.1, -0.05) is 23.7 Å². The summed E-state index contributed by atoms with van der Waals surface area (Å²) < 4.78 is 11.9. The van der Waals surface area contributed by atoms with Gasteiger partial charge in [0.25, 0.3) is 0 Å². The molecule has 0 aliphatic carbocycles. The van der Waals surface area contributed by atoms with Gasteiger partial charge in [-0.3, -0.25) is 0 Å². The Hall–Kier alpha value is -3.11. The van der Waals surface area contributed by atoms with E-state index in [9.17, 15) is 0 Å². The summed E-state index contributed by atoms with van der Waals surface area (Å²) >= 11 is 6.31. The maximum Gasteiger partial charge on any atom is 0.230 e. The van der Waals surface area contributed by atoms with Crippen LogP contribution >= 0.6 is 11.6 Å². The predicted molar refractivity (Wildman–Crippen MR) is 122 cm³/mol. The molecule has 4 nitrogen and oxygen atoms in total. The normalized spacial score (nSPS) is 11.1. The van der Waals surface area contributed by atoms with Crippen LogP contribution in [0.2, 0.25) is 5.02 Å². The number of rotatable bonds is 5. The van der Waals surface area contributed by atoms with Crippen LogP contribution in [0.4, 0.5) is 0 Å². The van der Waals surface area contributed by atoms with E-state index in [1.54, 1.807) is 0 Å². The van der Waals surface area contributed by atoms with Crippen molar-refractivity contribution in [3.8, 4) is 28.8 Å². The molecule has 5 heteroatoms. The Morgan fingerprint density at radius 2 is 1.50 bits per heavy atom. The Morgan fingerprint density at radius 1 is 0.833 bits per heavy atom. The van der Waals surface area contributed by atoms with Crippen molar-refractivity contribution < 1.29 is 9.47 Å². The molecular formula is C25H23ClN2O2. The first kappa shape index (κ1) is 20.2. The summed E-state index contributed by atoms with van der Waals surface area (Å²) in [6.07, 6.45) is 0.124. The van der Waals surface area contributed by atoms with Crippen molar-refractivity contribution in [2.24, 2.45) is 0 Å². The van der Waals surface area contributed by atoms with Crippen LogP contribution in [-0.2, 0) is 0 Å². The van der Waals surface area contributed by atoms with E-state index < -0.39 is 0 Å². The van der Waals surface area contributed by atoms with E-state index in [4.69, 9.17) is 31.0 Å². The topological polar surface area (TPSA) is 44.2 Å². The lowest BCUT2D eigenvalue weighted by molar-refractivity contribution is 0.242. The number of hydrogen-bond donors (Lipinski definition) is 0. The number of fused-ring (bicyclic) bond motifs is 1. The summed E-state index contributed by atoms with van der Waals surface area (Å²) in [6.45, 7) is 7.94. The van der Waals surface area contributed by atoms with Gasteiger partial charge < -0.3 is 9.47 Å². The Balaban J connectivity index is 1.76. The maximum atomic E-state index is 6.31. The Kier molecular flexibility index (Phi) is 5.60. The van der Waals surface area contributed by atoms with Crippen LogP contribution in [0, 0.1) is 13.8 Å². The van der Waals surface area contributed by atoms with Gasteiger partial charge in [0, 0.05) is 10.6 Å². The SMILES string of the molecule is Cc1cc(Oc2nc(-c3ccc(OC(C)C)cc3)nc3ccccc23)cc(C)c1Cl. The molecule has 0 aliphatic heterocycles. The van der Waals surface area contributed by atoms with Crippen molar-refractivity contribution in [2.45, 2.75) is 33.8 Å². The molecule has 4 aromatic rings. The third-order valence-corrected chi connectivity index (χ3v) is 5.27. The van der Waals surface area contributed by atoms with Gasteiger partial charge in [0.1, 0.15) is 11.5 Å². The van der Waals surface area contributed by atoms with Crippen molar-refractivity contribution in [3.05, 3.63) is 76.8 Å². The summed E-state index contributed by atoms with van der Waals surface area (Å²) in [5.41, 5.74) is 3.64. The summed E-state index contributed by atoms with van der Waals surface area (Å²) in [5, 5.41) is 1.60. The van der Waals surface area contributed by atoms with Gasteiger partial charge in [0.05, 0.1) is 17.0 Å². The van der Waals surface area contributed by atoms with Gasteiger partial charge in [0.2, 0.25) is 5.88 Å². The standard InChI is InChI=1S/C25H23ClN2O2/c1-15(2)29-19-11-9-18(10-12-19)24-27-22-8-6-5-7-21(22)25(28-24)30-20-13-16(3)23(26)17(4)14-20/h5-15H,1-4H3. The summed E-state index contributed by atoms with van der Waals surface area (Å²) in [7, 11) is 0. The lowest BCUT2D eigenvalue weighted by atomic mass is 10.1. The molecule has 4 rings (SSSR count). The first-order chi connectivity index (χ1) is 14.4. The van der Waals surface area contributed by atoms with Crippen molar-refractivity contribution in [2.75, 3.05) is 0 Å². The van der Waals surface area contributed by atoms with Crippen LogP contribution in [0.25, 0.3) is 22.3 Å². The number of nitrogens with zero attached hydrogens (tertiary/aromatic N) is 2. The highest BCUT2D eigenvalue weighted by molar-refractivity contribution is 6.32. The molecule has 0 radical (unpaired) electrons. The molecule has 0 bridgehead atoms. The molecule has 0 atom stereocenters. The molecule has 0 aliphatic rings. The average Bonchev–Trinajstić information content (AvgIpc) is 2.72. The number of hydrogen-bond acceptors (Lipinski definition) is 4. The minimum Gasteiger partial charge on any atom is -0.491 e. The van der Waals surface area contributed by atoms with Crippen molar-refractivity contribution in [3.63, 3.8) is 0 Å². The van der Waals surface area contributed by atoms with Gasteiger partial charge in [-0.15, -0.1) is 0 Å². The zero-order chi connectivity index (χ0) is 21.3. The molecule has 0 unspecified atom stereocenters. The largest absolute Gasteiger partial charge is 0.491 e. The molecule has 152 valence electrons. The average molecular weight is 419 g/mol. The molecule has 0 saturated heterocycles. The van der Waals surface area contributed by atoms with E-state index in [1.165, 1.54) is 0 Å². The van der Waals surface area contributed by atoms with Crippen molar-refractivity contribution >= 4 is 22.5 Å². The molecule has 1 heterocycles. The second-order valence-corrected chi connectivity index (χ2v) is 7.91. The van der Waals surface area contributed by atoms with Gasteiger partial charge >= 0.3 is 0 Å². The third kappa shape index (κ3) is 4.24. The van der Waals surface area contributed by atoms with Gasteiger partial charge in [-0.05, 0) is 87.4 Å². The summed E-state index contributed by atoms with van der Waals surface area (Å²) in [6, 6.07) is 19.5. The minimum atomic E-state index is 0.124. The fraction of sp³-hybridized carbons (Fsp3) is 0.200. The molecule has 0 fully saturated rings. The number of ether oxygens (including phenoxy) is 2. The van der Waals surface area contributed by atoms with Gasteiger partial charge in [-0.2, -0.15) is 4.98 Å². The van der Waals surface area contributed by atoms with Crippen LogP contribution in [0.15, 0.2) is 60.7 Å². The smallest absolute Gasteiger partial charge is 0.230 e. The zero-order valence-electron chi connectivity index (χ0n) is 17.4. The van der Waals surface area contributed by atoms with Crippen LogP contribution in [-0.4, -0.2) is 16.1 Å². The molecule has 0 saturated carbocycles. The molecule has 30 heavy (non-hydrogen) atoms. The van der Waals surface area contributed by atoms with Gasteiger partial charge in [-0.25, -0.2) is 4.98 Å². The van der Waals surface area contributed by atoms with E-state index in [1.807, 2.05) is 88.4 Å². The van der Waals surface area contributed by atoms with Crippen LogP contribution in [0.3, 0.4) is 0 Å². The van der Waals surface area contributed by atoms with E-state index >= 15 is 0 Å². The fourth-order valence-corrected chi connectivity index (χ4v) is 3.39. The second kappa shape index (κ2) is 8.33. The number of halogens is 1. The molecule has 0 N–H and O–H groups in total. The molecular weight excluding hydrogens is 396 g/mol. The molecule has 0 amide bonds.